The van der Waals surface area contributed by atoms with Crippen molar-refractivity contribution < 1.29 is 9.18 Å². The Labute approximate surface area is 159 Å². The van der Waals surface area contributed by atoms with E-state index >= 15 is 0 Å². The van der Waals surface area contributed by atoms with E-state index in [1.807, 2.05) is 37.3 Å². The topological polar surface area (TPSA) is 64.9 Å². The number of anilines is 1. The van der Waals surface area contributed by atoms with E-state index in [1.54, 1.807) is 6.07 Å². The molecule has 0 atom stereocenters. The quantitative estimate of drug-likeness (QED) is 0.433. The summed E-state index contributed by atoms with van der Waals surface area (Å²) < 4.78 is 13.2. The summed E-state index contributed by atoms with van der Waals surface area (Å²) in [4.78, 5) is 12.5. The van der Waals surface area contributed by atoms with Crippen molar-refractivity contribution >= 4 is 11.6 Å². The van der Waals surface area contributed by atoms with Gasteiger partial charge in [0.05, 0.1) is 0 Å². The molecule has 2 rings (SSSR count). The molecule has 5 heteroatoms. The van der Waals surface area contributed by atoms with Crippen LogP contribution in [0.25, 0.3) is 0 Å². The summed E-state index contributed by atoms with van der Waals surface area (Å²) in [6.45, 7) is 6.52. The molecule has 140 valence electrons. The highest BCUT2D eigenvalue weighted by molar-refractivity contribution is 6.07. The van der Waals surface area contributed by atoms with Gasteiger partial charge >= 0.3 is 0 Å². The normalized spacial score (nSPS) is 11.2. The van der Waals surface area contributed by atoms with Crippen LogP contribution in [0, 0.1) is 24.1 Å². The fourth-order valence-corrected chi connectivity index (χ4v) is 2.76. The monoisotopic (exact) mass is 365 g/mol. The second kappa shape index (κ2) is 9.54. The Morgan fingerprint density at radius 2 is 2.00 bits per heavy atom. The van der Waals surface area contributed by atoms with Crippen LogP contribution >= 0.6 is 0 Å². The number of aryl methyl sites for hydroxylation is 1. The number of carbonyl (C=O) groups is 1. The molecule has 0 radical (unpaired) electrons. The number of nitriles is 1. The molecule has 4 nitrogen and oxygen atoms in total. The number of para-hydroxylation sites is 1. The van der Waals surface area contributed by atoms with Gasteiger partial charge in [-0.05, 0) is 48.1 Å². The number of nitrogens with zero attached hydrogens (tertiary/aromatic N) is 1. The number of carbonyl (C=O) groups excluding carboxylic acids is 1. The minimum absolute atomic E-state index is 0.00722. The van der Waals surface area contributed by atoms with Crippen LogP contribution < -0.4 is 10.6 Å². The Kier molecular flexibility index (Phi) is 7.13. The molecule has 0 heterocycles. The minimum atomic E-state index is -0.452. The van der Waals surface area contributed by atoms with E-state index < -0.39 is 5.91 Å². The predicted octanol–water partition coefficient (Wildman–Crippen LogP) is 4.44. The van der Waals surface area contributed by atoms with Gasteiger partial charge in [0, 0.05) is 18.4 Å². The Balaban J connectivity index is 2.02. The van der Waals surface area contributed by atoms with Crippen LogP contribution in [0.4, 0.5) is 10.1 Å². The molecule has 1 amide bonds. The van der Waals surface area contributed by atoms with Crippen molar-refractivity contribution in [2.45, 2.75) is 33.1 Å². The van der Waals surface area contributed by atoms with E-state index in [2.05, 4.69) is 24.5 Å². The zero-order chi connectivity index (χ0) is 19.8. The first-order valence-electron chi connectivity index (χ1n) is 8.91. The van der Waals surface area contributed by atoms with Crippen molar-refractivity contribution in [2.75, 3.05) is 11.9 Å². The molecule has 0 aliphatic carbocycles. The Morgan fingerprint density at radius 1 is 1.26 bits per heavy atom. The summed E-state index contributed by atoms with van der Waals surface area (Å²) in [5.41, 5.74) is 3.57. The standard InChI is InChI=1S/C22H24FN3O/c1-15(2)20-9-4-6-16(3)21(20)26-22(27)18(13-24)14-25-11-10-17-7-5-8-19(23)12-17/h4-9,12,14-15,25H,10-11H2,1-3H3,(H,26,27)/b18-14-. The largest absolute Gasteiger partial charge is 0.389 e. The van der Waals surface area contributed by atoms with Crippen LogP contribution in [0.3, 0.4) is 0 Å². The van der Waals surface area contributed by atoms with E-state index in [-0.39, 0.29) is 17.3 Å². The highest BCUT2D eigenvalue weighted by Gasteiger charge is 2.15. The summed E-state index contributed by atoms with van der Waals surface area (Å²) in [7, 11) is 0. The summed E-state index contributed by atoms with van der Waals surface area (Å²) in [5.74, 6) is -0.481. The van der Waals surface area contributed by atoms with E-state index in [4.69, 9.17) is 0 Å². The highest BCUT2D eigenvalue weighted by atomic mass is 19.1. The maximum absolute atomic E-state index is 13.2. The third-order valence-corrected chi connectivity index (χ3v) is 4.22. The van der Waals surface area contributed by atoms with Crippen molar-refractivity contribution in [3.63, 3.8) is 0 Å². The van der Waals surface area contributed by atoms with E-state index in [0.717, 1.165) is 22.4 Å². The minimum Gasteiger partial charge on any atom is -0.389 e. The average molecular weight is 365 g/mol. The molecule has 27 heavy (non-hydrogen) atoms. The Hall–Kier alpha value is -3.13. The van der Waals surface area contributed by atoms with Gasteiger partial charge in [0.15, 0.2) is 0 Å². The zero-order valence-corrected chi connectivity index (χ0v) is 15.8. The first-order valence-corrected chi connectivity index (χ1v) is 8.91. The number of hydrogen-bond donors (Lipinski definition) is 2. The van der Waals surface area contributed by atoms with Crippen molar-refractivity contribution in [1.82, 2.24) is 5.32 Å². The van der Waals surface area contributed by atoms with Crippen molar-refractivity contribution in [2.24, 2.45) is 0 Å². The molecule has 0 saturated carbocycles. The van der Waals surface area contributed by atoms with Gasteiger partial charge in [-0.15, -0.1) is 0 Å². The number of nitrogens with one attached hydrogen (secondary N) is 2. The second-order valence-corrected chi connectivity index (χ2v) is 6.65. The van der Waals surface area contributed by atoms with Crippen LogP contribution in [0.1, 0.15) is 36.5 Å². The van der Waals surface area contributed by atoms with Gasteiger partial charge in [-0.1, -0.05) is 44.2 Å². The van der Waals surface area contributed by atoms with Gasteiger partial charge < -0.3 is 10.6 Å². The van der Waals surface area contributed by atoms with Crippen molar-refractivity contribution in [3.05, 3.63) is 76.7 Å². The van der Waals surface area contributed by atoms with Gasteiger partial charge in [0.2, 0.25) is 0 Å². The lowest BCUT2D eigenvalue weighted by Crippen LogP contribution is -2.19. The number of halogens is 1. The number of rotatable bonds is 7. The molecule has 0 fully saturated rings. The predicted molar refractivity (Wildman–Crippen MR) is 106 cm³/mol. The SMILES string of the molecule is Cc1cccc(C(C)C)c1NC(=O)/C(C#N)=C\NCCc1cccc(F)c1. The molecular weight excluding hydrogens is 341 g/mol. The summed E-state index contributed by atoms with van der Waals surface area (Å²) in [5, 5.41) is 15.1. The maximum Gasteiger partial charge on any atom is 0.267 e. The molecule has 0 aromatic heterocycles. The Morgan fingerprint density at radius 3 is 2.67 bits per heavy atom. The molecule has 2 aromatic rings. The summed E-state index contributed by atoms with van der Waals surface area (Å²) in [6, 6.07) is 14.1. The van der Waals surface area contributed by atoms with Gasteiger partial charge in [0.1, 0.15) is 17.5 Å². The van der Waals surface area contributed by atoms with E-state index in [0.29, 0.717) is 13.0 Å². The average Bonchev–Trinajstić information content (AvgIpc) is 2.63. The van der Waals surface area contributed by atoms with Gasteiger partial charge in [0.25, 0.3) is 5.91 Å². The van der Waals surface area contributed by atoms with E-state index in [1.165, 1.54) is 18.3 Å². The number of hydrogen-bond acceptors (Lipinski definition) is 3. The molecule has 0 spiro atoms. The summed E-state index contributed by atoms with van der Waals surface area (Å²) in [6.07, 6.45) is 1.99. The maximum atomic E-state index is 13.2. The summed E-state index contributed by atoms with van der Waals surface area (Å²) >= 11 is 0. The van der Waals surface area contributed by atoms with Gasteiger partial charge in [-0.25, -0.2) is 4.39 Å². The molecule has 0 saturated heterocycles. The molecule has 0 aliphatic rings. The van der Waals surface area contributed by atoms with Crippen molar-refractivity contribution in [3.8, 4) is 6.07 Å². The molecule has 2 N–H and O–H groups in total. The van der Waals surface area contributed by atoms with Crippen LogP contribution in [0.15, 0.2) is 54.2 Å². The van der Waals surface area contributed by atoms with Crippen LogP contribution in [-0.2, 0) is 11.2 Å². The number of amides is 1. The van der Waals surface area contributed by atoms with Gasteiger partial charge in [-0.2, -0.15) is 5.26 Å². The molecule has 0 unspecified atom stereocenters. The molecule has 2 aromatic carbocycles. The first kappa shape index (κ1) is 20.2. The lowest BCUT2D eigenvalue weighted by Gasteiger charge is -2.16. The lowest BCUT2D eigenvalue weighted by molar-refractivity contribution is -0.112. The zero-order valence-electron chi connectivity index (χ0n) is 15.8. The first-order chi connectivity index (χ1) is 12.9. The van der Waals surface area contributed by atoms with E-state index in [9.17, 15) is 14.4 Å². The third kappa shape index (κ3) is 5.68. The highest BCUT2D eigenvalue weighted by Crippen LogP contribution is 2.27. The van der Waals surface area contributed by atoms with Crippen molar-refractivity contribution in [1.29, 1.82) is 5.26 Å². The lowest BCUT2D eigenvalue weighted by atomic mass is 9.98. The fraction of sp³-hybridized carbons (Fsp3) is 0.273. The third-order valence-electron chi connectivity index (χ3n) is 4.22. The number of benzene rings is 2. The molecular formula is C22H24FN3O. The Bertz CT molecular complexity index is 881. The second-order valence-electron chi connectivity index (χ2n) is 6.65. The molecule has 0 aliphatic heterocycles. The van der Waals surface area contributed by atoms with Crippen LogP contribution in [0.5, 0.6) is 0 Å². The van der Waals surface area contributed by atoms with Crippen LogP contribution in [-0.4, -0.2) is 12.5 Å². The molecule has 0 bridgehead atoms. The van der Waals surface area contributed by atoms with Gasteiger partial charge in [-0.3, -0.25) is 4.79 Å². The van der Waals surface area contributed by atoms with Crippen LogP contribution in [0.2, 0.25) is 0 Å². The smallest absolute Gasteiger partial charge is 0.267 e. The fourth-order valence-electron chi connectivity index (χ4n) is 2.76.